The van der Waals surface area contributed by atoms with Crippen LogP contribution in [0, 0.1) is 11.6 Å². The van der Waals surface area contributed by atoms with Crippen LogP contribution >= 0.6 is 11.3 Å². The average Bonchev–Trinajstić information content (AvgIpc) is 3.46. The van der Waals surface area contributed by atoms with Gasteiger partial charge < -0.3 is 10.2 Å². The van der Waals surface area contributed by atoms with E-state index in [-0.39, 0.29) is 11.5 Å². The molecule has 0 aliphatic carbocycles. The molecule has 0 spiro atoms. The topological polar surface area (TPSA) is 62.3 Å². The van der Waals surface area contributed by atoms with Gasteiger partial charge in [0.1, 0.15) is 11.0 Å². The number of halogens is 2. The predicted octanol–water partition coefficient (Wildman–Crippen LogP) is 4.05. The van der Waals surface area contributed by atoms with Crippen molar-refractivity contribution in [2.75, 3.05) is 13.1 Å². The third-order valence-electron chi connectivity index (χ3n) is 5.24. The van der Waals surface area contributed by atoms with Crippen molar-refractivity contribution in [3.05, 3.63) is 76.8 Å². The molecule has 0 saturated carbocycles. The molecule has 1 aromatic heterocycles. The third kappa shape index (κ3) is 4.80. The van der Waals surface area contributed by atoms with Crippen LogP contribution in [0.1, 0.15) is 28.9 Å². The van der Waals surface area contributed by atoms with Crippen LogP contribution in [-0.4, -0.2) is 40.8 Å². The van der Waals surface area contributed by atoms with Crippen molar-refractivity contribution in [1.29, 1.82) is 0 Å². The summed E-state index contributed by atoms with van der Waals surface area (Å²) in [4.78, 5) is 31.4. The average molecular weight is 442 g/mol. The fourth-order valence-corrected chi connectivity index (χ4v) is 4.50. The highest BCUT2D eigenvalue weighted by Gasteiger charge is 2.34. The third-order valence-corrected chi connectivity index (χ3v) is 6.18. The number of carbonyl (C=O) groups excluding carboxylic acids is 2. The highest BCUT2D eigenvalue weighted by molar-refractivity contribution is 7.13. The van der Waals surface area contributed by atoms with E-state index in [1.54, 1.807) is 11.3 Å². The second-order valence-electron chi connectivity index (χ2n) is 7.34. The summed E-state index contributed by atoms with van der Waals surface area (Å²) in [5, 5.41) is 5.78. The SMILES string of the molecule is O=C(NCCc1csc(-c2ccccc2)n1)[C@H]1CCCN1C(=O)c1ccc(F)c(F)c1. The van der Waals surface area contributed by atoms with E-state index in [0.717, 1.165) is 28.4 Å². The van der Waals surface area contributed by atoms with E-state index in [1.807, 2.05) is 35.7 Å². The summed E-state index contributed by atoms with van der Waals surface area (Å²) in [6, 6.07) is 12.3. The van der Waals surface area contributed by atoms with Gasteiger partial charge in [-0.3, -0.25) is 9.59 Å². The maximum Gasteiger partial charge on any atom is 0.254 e. The van der Waals surface area contributed by atoms with Crippen molar-refractivity contribution in [2.45, 2.75) is 25.3 Å². The van der Waals surface area contributed by atoms with Crippen LogP contribution in [0.2, 0.25) is 0 Å². The molecular formula is C23H21F2N3O2S. The molecule has 0 unspecified atom stereocenters. The number of hydrogen-bond donors (Lipinski definition) is 1. The van der Waals surface area contributed by atoms with Gasteiger partial charge in [0.2, 0.25) is 5.91 Å². The number of nitrogens with zero attached hydrogens (tertiary/aromatic N) is 2. The number of amides is 2. The number of nitrogens with one attached hydrogen (secondary N) is 1. The Labute approximate surface area is 182 Å². The molecule has 2 amide bonds. The number of rotatable bonds is 6. The van der Waals surface area contributed by atoms with Crippen LogP contribution in [0.5, 0.6) is 0 Å². The Morgan fingerprint density at radius 2 is 1.94 bits per heavy atom. The van der Waals surface area contributed by atoms with Crippen LogP contribution in [0.3, 0.4) is 0 Å². The van der Waals surface area contributed by atoms with Gasteiger partial charge in [-0.1, -0.05) is 30.3 Å². The van der Waals surface area contributed by atoms with E-state index in [4.69, 9.17) is 0 Å². The maximum atomic E-state index is 13.5. The molecule has 1 aliphatic heterocycles. The van der Waals surface area contributed by atoms with Crippen molar-refractivity contribution >= 4 is 23.2 Å². The van der Waals surface area contributed by atoms with Crippen molar-refractivity contribution in [2.24, 2.45) is 0 Å². The zero-order valence-electron chi connectivity index (χ0n) is 16.7. The van der Waals surface area contributed by atoms with Gasteiger partial charge in [-0.25, -0.2) is 13.8 Å². The van der Waals surface area contributed by atoms with Crippen molar-refractivity contribution in [3.63, 3.8) is 0 Å². The van der Waals surface area contributed by atoms with E-state index in [0.29, 0.717) is 32.4 Å². The largest absolute Gasteiger partial charge is 0.354 e. The van der Waals surface area contributed by atoms with Crippen LogP contribution < -0.4 is 5.32 Å². The molecule has 3 aromatic rings. The van der Waals surface area contributed by atoms with Gasteiger partial charge in [-0.15, -0.1) is 11.3 Å². The summed E-state index contributed by atoms with van der Waals surface area (Å²) in [6.45, 7) is 0.808. The first-order valence-electron chi connectivity index (χ1n) is 10.1. The van der Waals surface area contributed by atoms with Gasteiger partial charge in [0, 0.05) is 36.0 Å². The Kier molecular flexibility index (Phi) is 6.36. The van der Waals surface area contributed by atoms with Crippen LogP contribution in [0.15, 0.2) is 53.9 Å². The number of thiazole rings is 1. The highest BCUT2D eigenvalue weighted by Crippen LogP contribution is 2.24. The molecule has 5 nitrogen and oxygen atoms in total. The minimum absolute atomic E-state index is 0.0366. The molecule has 0 radical (unpaired) electrons. The smallest absolute Gasteiger partial charge is 0.254 e. The van der Waals surface area contributed by atoms with E-state index < -0.39 is 23.6 Å². The molecule has 1 fully saturated rings. The molecule has 0 bridgehead atoms. The first-order chi connectivity index (χ1) is 15.0. The molecule has 1 N–H and O–H groups in total. The van der Waals surface area contributed by atoms with Gasteiger partial charge in [0.25, 0.3) is 5.91 Å². The van der Waals surface area contributed by atoms with Crippen molar-refractivity contribution < 1.29 is 18.4 Å². The first-order valence-corrected chi connectivity index (χ1v) is 10.9. The summed E-state index contributed by atoms with van der Waals surface area (Å²) >= 11 is 1.56. The summed E-state index contributed by atoms with van der Waals surface area (Å²) in [7, 11) is 0. The standard InChI is InChI=1S/C23H21F2N3O2S/c24-18-9-8-16(13-19(18)25)23(30)28-12-4-7-20(28)21(29)26-11-10-17-14-31-22(27-17)15-5-2-1-3-6-15/h1-3,5-6,8-9,13-14,20H,4,7,10-12H2,(H,26,29)/t20-/m1/s1. The Hall–Kier alpha value is -3.13. The number of benzene rings is 2. The van der Waals surface area contributed by atoms with Crippen LogP contribution in [0.25, 0.3) is 10.6 Å². The second-order valence-corrected chi connectivity index (χ2v) is 8.19. The van der Waals surface area contributed by atoms with Crippen LogP contribution in [-0.2, 0) is 11.2 Å². The van der Waals surface area contributed by atoms with E-state index in [1.165, 1.54) is 11.0 Å². The Bertz CT molecular complexity index is 1090. The van der Waals surface area contributed by atoms with E-state index >= 15 is 0 Å². The van der Waals surface area contributed by atoms with Crippen molar-refractivity contribution in [3.8, 4) is 10.6 Å². The zero-order valence-corrected chi connectivity index (χ0v) is 17.5. The molecule has 2 aromatic carbocycles. The van der Waals surface area contributed by atoms with Crippen molar-refractivity contribution in [1.82, 2.24) is 15.2 Å². The summed E-state index contributed by atoms with van der Waals surface area (Å²) < 4.78 is 26.6. The lowest BCUT2D eigenvalue weighted by molar-refractivity contribution is -0.124. The van der Waals surface area contributed by atoms with E-state index in [2.05, 4.69) is 10.3 Å². The van der Waals surface area contributed by atoms with Crippen LogP contribution in [0.4, 0.5) is 8.78 Å². The van der Waals surface area contributed by atoms with Gasteiger partial charge in [0.15, 0.2) is 11.6 Å². The number of aromatic nitrogens is 1. The minimum atomic E-state index is -1.08. The highest BCUT2D eigenvalue weighted by atomic mass is 32.1. The second kappa shape index (κ2) is 9.34. The Morgan fingerprint density at radius 1 is 1.13 bits per heavy atom. The molecule has 1 aliphatic rings. The molecule has 8 heteroatoms. The predicted molar refractivity (Wildman–Crippen MR) is 115 cm³/mol. The lowest BCUT2D eigenvalue weighted by Crippen LogP contribution is -2.46. The summed E-state index contributed by atoms with van der Waals surface area (Å²) in [5.41, 5.74) is 1.99. The fraction of sp³-hybridized carbons (Fsp3) is 0.261. The maximum absolute atomic E-state index is 13.5. The lowest BCUT2D eigenvalue weighted by Gasteiger charge is -2.24. The quantitative estimate of drug-likeness (QED) is 0.628. The molecule has 160 valence electrons. The zero-order chi connectivity index (χ0) is 21.8. The molecule has 1 saturated heterocycles. The van der Waals surface area contributed by atoms with Gasteiger partial charge in [-0.05, 0) is 31.0 Å². The minimum Gasteiger partial charge on any atom is -0.354 e. The molecule has 4 rings (SSSR count). The molecule has 2 heterocycles. The summed E-state index contributed by atoms with van der Waals surface area (Å²) in [5.74, 6) is -2.80. The summed E-state index contributed by atoms with van der Waals surface area (Å²) in [6.07, 6.45) is 1.80. The first kappa shape index (κ1) is 21.1. The molecular weight excluding hydrogens is 420 g/mol. The Balaban J connectivity index is 1.33. The monoisotopic (exact) mass is 441 g/mol. The molecule has 31 heavy (non-hydrogen) atoms. The number of hydrogen-bond acceptors (Lipinski definition) is 4. The Morgan fingerprint density at radius 3 is 2.71 bits per heavy atom. The normalized spacial score (nSPS) is 15.8. The number of likely N-dealkylation sites (tertiary alicyclic amines) is 1. The van der Waals surface area contributed by atoms with Gasteiger partial charge >= 0.3 is 0 Å². The lowest BCUT2D eigenvalue weighted by atomic mass is 10.1. The van der Waals surface area contributed by atoms with Gasteiger partial charge in [-0.2, -0.15) is 0 Å². The fourth-order valence-electron chi connectivity index (χ4n) is 3.64. The van der Waals surface area contributed by atoms with Gasteiger partial charge in [0.05, 0.1) is 5.69 Å². The molecule has 1 atom stereocenters. The van der Waals surface area contributed by atoms with E-state index in [9.17, 15) is 18.4 Å². The number of carbonyl (C=O) groups is 2.